The molecule has 0 radical (unpaired) electrons. The van der Waals surface area contributed by atoms with E-state index in [0.717, 1.165) is 29.7 Å². The molecule has 0 saturated heterocycles. The molecular weight excluding hydrogens is 229 g/mol. The summed E-state index contributed by atoms with van der Waals surface area (Å²) in [7, 11) is 0. The number of hydrogen-bond donors (Lipinski definition) is 1. The average molecular weight is 253 g/mol. The van der Waals surface area contributed by atoms with Crippen LogP contribution in [0, 0.1) is 19.7 Å². The van der Waals surface area contributed by atoms with Gasteiger partial charge in [0.25, 0.3) is 0 Å². The maximum Gasteiger partial charge on any atom is 0.128 e. The molecule has 3 heteroatoms. The molecule has 0 aliphatic heterocycles. The van der Waals surface area contributed by atoms with Crippen molar-refractivity contribution in [2.24, 2.45) is 0 Å². The highest BCUT2D eigenvalue weighted by atomic mass is 19.1. The van der Waals surface area contributed by atoms with E-state index in [0.29, 0.717) is 13.2 Å². The summed E-state index contributed by atoms with van der Waals surface area (Å²) in [6.07, 6.45) is 0.794. The van der Waals surface area contributed by atoms with Crippen molar-refractivity contribution in [2.45, 2.75) is 40.2 Å². The van der Waals surface area contributed by atoms with Gasteiger partial charge in [0.05, 0.1) is 0 Å². The minimum Gasteiger partial charge on any atom is -0.382 e. The van der Waals surface area contributed by atoms with Crippen molar-refractivity contribution in [2.75, 3.05) is 19.8 Å². The molecule has 1 aromatic rings. The third kappa shape index (κ3) is 4.07. The van der Waals surface area contributed by atoms with Crippen LogP contribution >= 0.6 is 0 Å². The molecule has 0 aliphatic rings. The Hall–Kier alpha value is -0.930. The Morgan fingerprint density at radius 3 is 2.56 bits per heavy atom. The van der Waals surface area contributed by atoms with Gasteiger partial charge >= 0.3 is 0 Å². The van der Waals surface area contributed by atoms with Gasteiger partial charge in [-0.05, 0) is 50.9 Å². The number of rotatable bonds is 7. The van der Waals surface area contributed by atoms with E-state index in [-0.39, 0.29) is 11.9 Å². The SMILES string of the molecule is CCNC(CCOCC)c1c(C)cc(C)cc1F. The minimum atomic E-state index is -0.116. The summed E-state index contributed by atoms with van der Waals surface area (Å²) in [6.45, 7) is 10.1. The zero-order chi connectivity index (χ0) is 13.5. The highest BCUT2D eigenvalue weighted by molar-refractivity contribution is 5.34. The molecule has 0 spiro atoms. The van der Waals surface area contributed by atoms with Crippen LogP contribution in [0.4, 0.5) is 4.39 Å². The van der Waals surface area contributed by atoms with Crippen molar-refractivity contribution in [3.8, 4) is 0 Å². The first-order chi connectivity index (χ1) is 8.60. The van der Waals surface area contributed by atoms with E-state index >= 15 is 0 Å². The lowest BCUT2D eigenvalue weighted by Crippen LogP contribution is -2.24. The van der Waals surface area contributed by atoms with E-state index in [1.54, 1.807) is 6.07 Å². The minimum absolute atomic E-state index is 0.0298. The number of aryl methyl sites for hydroxylation is 2. The Kier molecular flexibility index (Phi) is 6.30. The Labute approximate surface area is 110 Å². The lowest BCUT2D eigenvalue weighted by molar-refractivity contribution is 0.136. The van der Waals surface area contributed by atoms with E-state index in [1.807, 2.05) is 33.8 Å². The van der Waals surface area contributed by atoms with Crippen LogP contribution in [-0.4, -0.2) is 19.8 Å². The monoisotopic (exact) mass is 253 g/mol. The molecule has 0 saturated carbocycles. The molecule has 1 N–H and O–H groups in total. The zero-order valence-corrected chi connectivity index (χ0v) is 11.8. The summed E-state index contributed by atoms with van der Waals surface area (Å²) in [5, 5.41) is 3.34. The van der Waals surface area contributed by atoms with Gasteiger partial charge in [-0.3, -0.25) is 0 Å². The van der Waals surface area contributed by atoms with Crippen molar-refractivity contribution in [3.63, 3.8) is 0 Å². The van der Waals surface area contributed by atoms with E-state index in [1.165, 1.54) is 0 Å². The quantitative estimate of drug-likeness (QED) is 0.751. The number of hydrogen-bond acceptors (Lipinski definition) is 2. The van der Waals surface area contributed by atoms with E-state index in [9.17, 15) is 4.39 Å². The zero-order valence-electron chi connectivity index (χ0n) is 11.8. The van der Waals surface area contributed by atoms with Gasteiger partial charge in [-0.25, -0.2) is 4.39 Å². The molecule has 0 amide bonds. The summed E-state index contributed by atoms with van der Waals surface area (Å²) in [4.78, 5) is 0. The first-order valence-electron chi connectivity index (χ1n) is 6.67. The molecular formula is C15H24FNO. The summed E-state index contributed by atoms with van der Waals surface area (Å²) < 4.78 is 19.5. The first kappa shape index (κ1) is 15.1. The van der Waals surface area contributed by atoms with Crippen molar-refractivity contribution in [3.05, 3.63) is 34.6 Å². The van der Waals surface area contributed by atoms with Crippen LogP contribution in [-0.2, 0) is 4.74 Å². The van der Waals surface area contributed by atoms with Gasteiger partial charge in [0.1, 0.15) is 5.82 Å². The second kappa shape index (κ2) is 7.49. The van der Waals surface area contributed by atoms with Crippen LogP contribution in [0.1, 0.15) is 43.0 Å². The maximum absolute atomic E-state index is 14.1. The van der Waals surface area contributed by atoms with E-state index < -0.39 is 0 Å². The molecule has 1 aromatic carbocycles. The maximum atomic E-state index is 14.1. The molecule has 0 aliphatic carbocycles. The predicted octanol–water partition coefficient (Wildman–Crippen LogP) is 3.52. The average Bonchev–Trinajstić information content (AvgIpc) is 2.28. The fourth-order valence-electron chi connectivity index (χ4n) is 2.31. The lowest BCUT2D eigenvalue weighted by Gasteiger charge is -2.21. The number of halogens is 1. The second-order valence-electron chi connectivity index (χ2n) is 4.57. The van der Waals surface area contributed by atoms with E-state index in [4.69, 9.17) is 4.74 Å². The van der Waals surface area contributed by atoms with Crippen LogP contribution in [0.2, 0.25) is 0 Å². The number of ether oxygens (including phenoxy) is 1. The third-order valence-corrected chi connectivity index (χ3v) is 3.03. The molecule has 1 unspecified atom stereocenters. The van der Waals surface area contributed by atoms with E-state index in [2.05, 4.69) is 5.32 Å². The third-order valence-electron chi connectivity index (χ3n) is 3.03. The highest BCUT2D eigenvalue weighted by Gasteiger charge is 2.17. The van der Waals surface area contributed by atoms with Crippen LogP contribution in [0.15, 0.2) is 12.1 Å². The summed E-state index contributed by atoms with van der Waals surface area (Å²) in [5.74, 6) is -0.116. The molecule has 18 heavy (non-hydrogen) atoms. The van der Waals surface area contributed by atoms with Crippen LogP contribution in [0.3, 0.4) is 0 Å². The van der Waals surface area contributed by atoms with Gasteiger partial charge in [0, 0.05) is 24.8 Å². The van der Waals surface area contributed by atoms with Gasteiger partial charge < -0.3 is 10.1 Å². The van der Waals surface area contributed by atoms with Gasteiger partial charge in [-0.2, -0.15) is 0 Å². The number of nitrogens with one attached hydrogen (secondary N) is 1. The standard InChI is InChI=1S/C15H24FNO/c1-5-17-14(7-8-18-6-2)15-12(4)9-11(3)10-13(15)16/h9-10,14,17H,5-8H2,1-4H3. The largest absolute Gasteiger partial charge is 0.382 e. The van der Waals surface area contributed by atoms with Gasteiger partial charge in [-0.1, -0.05) is 13.0 Å². The van der Waals surface area contributed by atoms with Crippen LogP contribution in [0.25, 0.3) is 0 Å². The second-order valence-corrected chi connectivity index (χ2v) is 4.57. The lowest BCUT2D eigenvalue weighted by atomic mass is 9.96. The highest BCUT2D eigenvalue weighted by Crippen LogP contribution is 2.25. The molecule has 2 nitrogen and oxygen atoms in total. The molecule has 0 fully saturated rings. The molecule has 102 valence electrons. The normalized spacial score (nSPS) is 12.7. The molecule has 1 atom stereocenters. The van der Waals surface area contributed by atoms with Crippen molar-refractivity contribution in [1.29, 1.82) is 0 Å². The predicted molar refractivity (Wildman–Crippen MR) is 73.4 cm³/mol. The van der Waals surface area contributed by atoms with Crippen molar-refractivity contribution < 1.29 is 9.13 Å². The topological polar surface area (TPSA) is 21.3 Å². The van der Waals surface area contributed by atoms with Crippen LogP contribution in [0.5, 0.6) is 0 Å². The van der Waals surface area contributed by atoms with Crippen LogP contribution < -0.4 is 5.32 Å². The molecule has 1 rings (SSSR count). The van der Waals surface area contributed by atoms with Crippen molar-refractivity contribution in [1.82, 2.24) is 5.32 Å². The Morgan fingerprint density at radius 2 is 2.00 bits per heavy atom. The van der Waals surface area contributed by atoms with Gasteiger partial charge in [0.2, 0.25) is 0 Å². The fraction of sp³-hybridized carbons (Fsp3) is 0.600. The Balaban J connectivity index is 2.90. The first-order valence-corrected chi connectivity index (χ1v) is 6.67. The summed E-state index contributed by atoms with van der Waals surface area (Å²) in [5.41, 5.74) is 2.76. The summed E-state index contributed by atoms with van der Waals surface area (Å²) in [6, 6.07) is 3.67. The molecule has 0 heterocycles. The Bertz CT molecular complexity index is 356. The van der Waals surface area contributed by atoms with Crippen molar-refractivity contribution >= 4 is 0 Å². The van der Waals surface area contributed by atoms with Gasteiger partial charge in [0.15, 0.2) is 0 Å². The Morgan fingerprint density at radius 1 is 1.28 bits per heavy atom. The smallest absolute Gasteiger partial charge is 0.128 e. The molecule has 0 aromatic heterocycles. The fourth-order valence-corrected chi connectivity index (χ4v) is 2.31. The summed E-state index contributed by atoms with van der Waals surface area (Å²) >= 11 is 0. The number of benzene rings is 1. The van der Waals surface area contributed by atoms with Gasteiger partial charge in [-0.15, -0.1) is 0 Å². The molecule has 0 bridgehead atoms.